The second-order valence-corrected chi connectivity index (χ2v) is 15.0. The third-order valence-electron chi connectivity index (χ3n) is 6.22. The number of nitrogens with zero attached hydrogens (tertiary/aromatic N) is 2. The molecule has 0 spiro atoms. The summed E-state index contributed by atoms with van der Waals surface area (Å²) in [5, 5.41) is 5.20. The van der Waals surface area contributed by atoms with Gasteiger partial charge in [-0.15, -0.1) is 11.3 Å². The van der Waals surface area contributed by atoms with Crippen molar-refractivity contribution in [3.8, 4) is 0 Å². The Balaban J connectivity index is 1.66. The molecule has 14 heteroatoms. The van der Waals surface area contributed by atoms with Crippen LogP contribution in [0.3, 0.4) is 0 Å². The molecule has 2 unspecified atom stereocenters. The summed E-state index contributed by atoms with van der Waals surface area (Å²) in [6, 6.07) is -0.494. The largest absolute Gasteiger partial charge is 0.348 e. The van der Waals surface area contributed by atoms with Crippen LogP contribution in [0.2, 0.25) is 5.02 Å². The van der Waals surface area contributed by atoms with Crippen molar-refractivity contribution in [3.63, 3.8) is 0 Å². The Morgan fingerprint density at radius 3 is 2.67 bits per heavy atom. The highest BCUT2D eigenvalue weighted by molar-refractivity contribution is 7.91. The van der Waals surface area contributed by atoms with E-state index >= 15 is 0 Å². The normalized spacial score (nSPS) is 21.1. The summed E-state index contributed by atoms with van der Waals surface area (Å²) in [5.41, 5.74) is 0.838. The van der Waals surface area contributed by atoms with Crippen molar-refractivity contribution < 1.29 is 26.4 Å². The summed E-state index contributed by atoms with van der Waals surface area (Å²) < 4.78 is 48.5. The molecule has 2 aromatic rings. The first-order chi connectivity index (χ1) is 16.9. The van der Waals surface area contributed by atoms with Crippen LogP contribution in [0.5, 0.6) is 0 Å². The molecule has 2 atom stereocenters. The summed E-state index contributed by atoms with van der Waals surface area (Å²) in [7, 11) is -6.97. The van der Waals surface area contributed by atoms with Gasteiger partial charge in [0.25, 0.3) is 11.8 Å². The first-order valence-corrected chi connectivity index (χ1v) is 16.3. The van der Waals surface area contributed by atoms with E-state index in [0.717, 1.165) is 29.5 Å². The zero-order valence-corrected chi connectivity index (χ0v) is 23.0. The van der Waals surface area contributed by atoms with E-state index in [9.17, 15) is 26.4 Å². The van der Waals surface area contributed by atoms with Crippen LogP contribution in [0.1, 0.15) is 64.4 Å². The number of hydrogen-bond acceptors (Lipinski definition) is 9. The molecule has 2 aliphatic rings. The number of thiophene rings is 1. The second-order valence-electron chi connectivity index (χ2n) is 9.25. The minimum Gasteiger partial charge on any atom is -0.348 e. The Morgan fingerprint density at radius 2 is 2.00 bits per heavy atom. The average Bonchev–Trinajstić information content (AvgIpc) is 3.31. The van der Waals surface area contributed by atoms with Crippen molar-refractivity contribution in [2.24, 2.45) is 5.92 Å². The molecule has 0 bridgehead atoms. The highest BCUT2D eigenvalue weighted by atomic mass is 35.5. The third kappa shape index (κ3) is 5.74. The van der Waals surface area contributed by atoms with E-state index < -0.39 is 42.7 Å². The monoisotopic (exact) mass is 574 g/mol. The van der Waals surface area contributed by atoms with Gasteiger partial charge in [-0.2, -0.15) is 0 Å². The lowest BCUT2D eigenvalue weighted by molar-refractivity contribution is 0.0941. The molecule has 196 valence electrons. The summed E-state index contributed by atoms with van der Waals surface area (Å²) in [6.45, 7) is 3.82. The van der Waals surface area contributed by atoms with Crippen molar-refractivity contribution in [1.29, 1.82) is 0 Å². The Bertz CT molecular complexity index is 1420. The van der Waals surface area contributed by atoms with Crippen LogP contribution < -0.4 is 10.6 Å². The molecule has 10 nitrogen and oxygen atoms in total. The maximum absolute atomic E-state index is 13.3. The van der Waals surface area contributed by atoms with Gasteiger partial charge < -0.3 is 10.6 Å². The summed E-state index contributed by atoms with van der Waals surface area (Å²) in [4.78, 5) is 35.2. The lowest BCUT2D eigenvalue weighted by Gasteiger charge is -2.19. The van der Waals surface area contributed by atoms with Gasteiger partial charge in [0, 0.05) is 10.9 Å². The molecule has 0 radical (unpaired) electrons. The van der Waals surface area contributed by atoms with Gasteiger partial charge in [-0.25, -0.2) is 26.8 Å². The molecule has 0 aromatic carbocycles. The van der Waals surface area contributed by atoms with Gasteiger partial charge >= 0.3 is 0 Å². The molecule has 0 saturated carbocycles. The number of fused-ring (bicyclic) bond motifs is 1. The number of rotatable bonds is 7. The van der Waals surface area contributed by atoms with Gasteiger partial charge in [-0.1, -0.05) is 25.4 Å². The number of aromatic nitrogens is 2. The van der Waals surface area contributed by atoms with Crippen LogP contribution in [0.4, 0.5) is 5.00 Å². The highest BCUT2D eigenvalue weighted by Crippen LogP contribution is 2.40. The minimum atomic E-state index is -3.78. The van der Waals surface area contributed by atoms with Crippen LogP contribution in [-0.4, -0.2) is 61.9 Å². The molecular weight excluding hydrogens is 548 g/mol. The number of carbonyl (C=O) groups excluding carboxylic acids is 2. The summed E-state index contributed by atoms with van der Waals surface area (Å²) >= 11 is 7.42. The molecule has 2 amide bonds. The van der Waals surface area contributed by atoms with Crippen molar-refractivity contribution >= 4 is 59.4 Å². The smallest absolute Gasteiger partial charge is 0.276 e. The van der Waals surface area contributed by atoms with Gasteiger partial charge in [-0.05, 0) is 43.6 Å². The first kappa shape index (κ1) is 27.0. The Kier molecular flexibility index (Phi) is 7.75. The SMILES string of the molecule is CCCS(=O)(=O)c1ncc(Cl)c(C(=O)Nc2sc3c(c2C(=O)NC2CCS(=O)(=O)C2)CCC(C)C3)n1. The van der Waals surface area contributed by atoms with Crippen molar-refractivity contribution in [2.75, 3.05) is 22.6 Å². The number of anilines is 1. The van der Waals surface area contributed by atoms with E-state index in [0.29, 0.717) is 35.7 Å². The van der Waals surface area contributed by atoms with Crippen LogP contribution in [0.25, 0.3) is 0 Å². The van der Waals surface area contributed by atoms with Crippen LogP contribution in [-0.2, 0) is 32.5 Å². The highest BCUT2D eigenvalue weighted by Gasteiger charge is 2.33. The number of amides is 2. The maximum Gasteiger partial charge on any atom is 0.276 e. The molecule has 3 heterocycles. The molecule has 1 aliphatic carbocycles. The fourth-order valence-electron chi connectivity index (χ4n) is 4.43. The van der Waals surface area contributed by atoms with E-state index in [1.807, 2.05) is 0 Å². The summed E-state index contributed by atoms with van der Waals surface area (Å²) in [5.74, 6) is -1.06. The number of carbonyl (C=O) groups is 2. The lowest BCUT2D eigenvalue weighted by Crippen LogP contribution is -2.36. The number of sulfone groups is 2. The molecule has 4 rings (SSSR count). The van der Waals surface area contributed by atoms with Gasteiger partial charge in [0.15, 0.2) is 15.5 Å². The van der Waals surface area contributed by atoms with Gasteiger partial charge in [0.2, 0.25) is 15.0 Å². The Hall–Kier alpha value is -2.09. The fraction of sp³-hybridized carbons (Fsp3) is 0.545. The van der Waals surface area contributed by atoms with Gasteiger partial charge in [0.05, 0.1) is 34.0 Å². The predicted octanol–water partition coefficient (Wildman–Crippen LogP) is 2.67. The van der Waals surface area contributed by atoms with E-state index in [1.165, 1.54) is 11.3 Å². The zero-order chi connectivity index (χ0) is 26.3. The van der Waals surface area contributed by atoms with Crippen molar-refractivity contribution in [2.45, 2.75) is 57.1 Å². The van der Waals surface area contributed by atoms with E-state index in [2.05, 4.69) is 27.5 Å². The molecule has 2 aromatic heterocycles. The molecule has 1 fully saturated rings. The quantitative estimate of drug-likeness (QED) is 0.479. The molecule has 1 saturated heterocycles. The van der Waals surface area contributed by atoms with Crippen LogP contribution in [0, 0.1) is 5.92 Å². The standard InChI is InChI=1S/C22H27ClN4O6S3/c1-3-7-36(32,33)22-24-10-15(23)18(26-22)20(29)27-21-17(14-5-4-12(2)9-16(14)34-21)19(28)25-13-6-8-35(30,31)11-13/h10,12-13H,3-9,11H2,1-2H3,(H,25,28)(H,27,29). The average molecular weight is 575 g/mol. The van der Waals surface area contributed by atoms with Crippen molar-refractivity contribution in [1.82, 2.24) is 15.3 Å². The molecule has 1 aliphatic heterocycles. The van der Waals surface area contributed by atoms with Gasteiger partial charge in [0.1, 0.15) is 5.00 Å². The Labute approximate surface area is 219 Å². The fourth-order valence-corrected chi connectivity index (χ4v) is 8.85. The molecule has 2 N–H and O–H groups in total. The topological polar surface area (TPSA) is 152 Å². The zero-order valence-electron chi connectivity index (χ0n) is 19.8. The third-order valence-corrected chi connectivity index (χ3v) is 11.1. The van der Waals surface area contributed by atoms with Crippen molar-refractivity contribution in [3.05, 3.63) is 32.9 Å². The predicted molar refractivity (Wildman–Crippen MR) is 137 cm³/mol. The van der Waals surface area contributed by atoms with Gasteiger partial charge in [-0.3, -0.25) is 9.59 Å². The van der Waals surface area contributed by atoms with E-state index in [4.69, 9.17) is 11.6 Å². The molecular formula is C22H27ClN4O6S3. The maximum atomic E-state index is 13.3. The van der Waals surface area contributed by atoms with Crippen LogP contribution in [0.15, 0.2) is 11.4 Å². The van der Waals surface area contributed by atoms with Crippen LogP contribution >= 0.6 is 22.9 Å². The summed E-state index contributed by atoms with van der Waals surface area (Å²) in [6.07, 6.45) is 4.05. The van der Waals surface area contributed by atoms with E-state index in [1.54, 1.807) is 6.92 Å². The first-order valence-electron chi connectivity index (χ1n) is 11.6. The minimum absolute atomic E-state index is 0.0241. The van der Waals surface area contributed by atoms with E-state index in [-0.39, 0.29) is 28.0 Å². The number of hydrogen-bond donors (Lipinski definition) is 2. The lowest BCUT2D eigenvalue weighted by atomic mass is 9.88. The second kappa shape index (κ2) is 10.3. The number of nitrogens with one attached hydrogen (secondary N) is 2. The Morgan fingerprint density at radius 1 is 1.25 bits per heavy atom. The number of halogens is 1. The molecule has 36 heavy (non-hydrogen) atoms.